The second kappa shape index (κ2) is 5.66. The van der Waals surface area contributed by atoms with Crippen molar-refractivity contribution in [2.24, 2.45) is 5.92 Å². The summed E-state index contributed by atoms with van der Waals surface area (Å²) in [4.78, 5) is 1.45. The van der Waals surface area contributed by atoms with Crippen LogP contribution in [0.25, 0.3) is 0 Å². The highest BCUT2D eigenvalue weighted by Gasteiger charge is 2.33. The highest BCUT2D eigenvalue weighted by atomic mass is 35.5. The quantitative estimate of drug-likeness (QED) is 0.798. The van der Waals surface area contributed by atoms with E-state index in [-0.39, 0.29) is 6.04 Å². The number of benzene rings is 1. The van der Waals surface area contributed by atoms with Gasteiger partial charge >= 0.3 is 0 Å². The Labute approximate surface area is 123 Å². The van der Waals surface area contributed by atoms with E-state index in [1.54, 1.807) is 0 Å². The van der Waals surface area contributed by atoms with Gasteiger partial charge in [0.25, 0.3) is 0 Å². The molecule has 1 aliphatic carbocycles. The molecule has 1 aromatic carbocycles. The van der Waals surface area contributed by atoms with E-state index in [9.17, 15) is 0 Å². The summed E-state index contributed by atoms with van der Waals surface area (Å²) in [5, 5.41) is 6.77. The Morgan fingerprint density at radius 3 is 2.63 bits per heavy atom. The van der Waals surface area contributed by atoms with Crippen LogP contribution in [0.4, 0.5) is 0 Å². The van der Waals surface area contributed by atoms with Gasteiger partial charge in [-0.25, -0.2) is 0 Å². The average Bonchev–Trinajstić information content (AvgIpc) is 3.11. The fraction of sp³-hybridized carbons (Fsp3) is 0.375. The molecule has 0 aliphatic heterocycles. The van der Waals surface area contributed by atoms with Crippen LogP contribution in [0.3, 0.4) is 0 Å². The highest BCUT2D eigenvalue weighted by molar-refractivity contribution is 7.10. The Bertz CT molecular complexity index is 533. The maximum absolute atomic E-state index is 6.29. The van der Waals surface area contributed by atoms with E-state index >= 15 is 0 Å². The fourth-order valence-electron chi connectivity index (χ4n) is 2.53. The van der Waals surface area contributed by atoms with Crippen LogP contribution in [0, 0.1) is 5.92 Å². The van der Waals surface area contributed by atoms with Crippen molar-refractivity contribution in [1.82, 2.24) is 5.32 Å². The van der Waals surface area contributed by atoms with Gasteiger partial charge in [0.1, 0.15) is 0 Å². The van der Waals surface area contributed by atoms with Crippen molar-refractivity contribution in [3.05, 3.63) is 57.2 Å². The Hall–Kier alpha value is -0.830. The normalized spacial score (nSPS) is 18.2. The van der Waals surface area contributed by atoms with Gasteiger partial charge in [0.2, 0.25) is 0 Å². The van der Waals surface area contributed by atoms with Gasteiger partial charge in [0.15, 0.2) is 0 Å². The smallest absolute Gasteiger partial charge is 0.0453 e. The Morgan fingerprint density at radius 1 is 1.21 bits per heavy atom. The Morgan fingerprint density at radius 2 is 2.00 bits per heavy atom. The average molecular weight is 292 g/mol. The monoisotopic (exact) mass is 291 g/mol. The fourth-order valence-corrected chi connectivity index (χ4v) is 3.71. The van der Waals surface area contributed by atoms with Gasteiger partial charge in [-0.3, -0.25) is 0 Å². The van der Waals surface area contributed by atoms with E-state index < -0.39 is 0 Å². The number of hydrogen-bond acceptors (Lipinski definition) is 2. The molecule has 1 nitrogen and oxygen atoms in total. The number of hydrogen-bond donors (Lipinski definition) is 1. The molecule has 2 aromatic rings. The molecule has 3 heteroatoms. The Balaban J connectivity index is 1.77. The van der Waals surface area contributed by atoms with Crippen LogP contribution in [-0.4, -0.2) is 0 Å². The molecule has 2 atom stereocenters. The van der Waals surface area contributed by atoms with Crippen molar-refractivity contribution in [2.75, 3.05) is 0 Å². The minimum absolute atomic E-state index is 0.279. The van der Waals surface area contributed by atoms with Crippen molar-refractivity contribution < 1.29 is 0 Å². The van der Waals surface area contributed by atoms with Crippen LogP contribution < -0.4 is 5.32 Å². The summed E-state index contributed by atoms with van der Waals surface area (Å²) < 4.78 is 0. The summed E-state index contributed by atoms with van der Waals surface area (Å²) in [5.74, 6) is 0.795. The summed E-state index contributed by atoms with van der Waals surface area (Å²) in [6.07, 6.45) is 2.68. The van der Waals surface area contributed by atoms with Gasteiger partial charge < -0.3 is 5.32 Å². The third-order valence-electron chi connectivity index (χ3n) is 3.74. The van der Waals surface area contributed by atoms with Crippen molar-refractivity contribution in [1.29, 1.82) is 0 Å². The highest BCUT2D eigenvalue weighted by Crippen LogP contribution is 2.43. The van der Waals surface area contributed by atoms with E-state index in [1.165, 1.54) is 23.3 Å². The number of nitrogens with one attached hydrogen (secondary N) is 1. The number of halogens is 1. The first-order chi connectivity index (χ1) is 9.25. The molecule has 0 bridgehead atoms. The van der Waals surface area contributed by atoms with Gasteiger partial charge in [-0.05, 0) is 48.8 Å². The molecule has 0 saturated heterocycles. The lowest BCUT2D eigenvalue weighted by Gasteiger charge is -2.23. The lowest BCUT2D eigenvalue weighted by atomic mass is 10.0. The summed E-state index contributed by atoms with van der Waals surface area (Å²) >= 11 is 8.13. The molecule has 3 rings (SSSR count). The van der Waals surface area contributed by atoms with Crippen molar-refractivity contribution in [3.63, 3.8) is 0 Å². The zero-order valence-corrected chi connectivity index (χ0v) is 12.5. The summed E-state index contributed by atoms with van der Waals surface area (Å²) in [6, 6.07) is 13.2. The van der Waals surface area contributed by atoms with E-state index in [1.807, 2.05) is 23.5 Å². The maximum Gasteiger partial charge on any atom is 0.0453 e. The second-order valence-electron chi connectivity index (χ2n) is 5.24. The molecule has 0 amide bonds. The van der Waals surface area contributed by atoms with Crippen molar-refractivity contribution in [3.8, 4) is 0 Å². The number of thiophene rings is 1. The molecule has 19 heavy (non-hydrogen) atoms. The summed E-state index contributed by atoms with van der Waals surface area (Å²) in [7, 11) is 0. The first kappa shape index (κ1) is 13.2. The van der Waals surface area contributed by atoms with Crippen LogP contribution in [0.1, 0.15) is 42.3 Å². The van der Waals surface area contributed by atoms with E-state index in [4.69, 9.17) is 11.6 Å². The van der Waals surface area contributed by atoms with Crippen LogP contribution in [-0.2, 0) is 0 Å². The van der Waals surface area contributed by atoms with E-state index in [0.717, 1.165) is 10.9 Å². The first-order valence-corrected chi connectivity index (χ1v) is 8.05. The zero-order valence-electron chi connectivity index (χ0n) is 11.0. The third kappa shape index (κ3) is 3.02. The predicted octanol–water partition coefficient (Wildman–Crippen LogP) is 5.20. The molecule has 1 N–H and O–H groups in total. The van der Waals surface area contributed by atoms with E-state index in [2.05, 4.69) is 41.9 Å². The molecule has 1 saturated carbocycles. The molecule has 1 heterocycles. The molecule has 0 radical (unpaired) electrons. The SMILES string of the molecule is C[C@H](NC(c1cccs1)C1CC1)c1ccccc1Cl. The minimum Gasteiger partial charge on any atom is -0.302 e. The third-order valence-corrected chi connectivity index (χ3v) is 5.04. The Kier molecular flexibility index (Phi) is 3.92. The minimum atomic E-state index is 0.279. The molecule has 1 aromatic heterocycles. The van der Waals surface area contributed by atoms with Crippen LogP contribution in [0.2, 0.25) is 5.02 Å². The standard InChI is InChI=1S/C16H18ClNS/c1-11(13-5-2-3-6-14(13)17)18-16(12-8-9-12)15-7-4-10-19-15/h2-7,10-12,16,18H,8-9H2,1H3/t11-,16?/m0/s1. The molecular formula is C16H18ClNS. The van der Waals surface area contributed by atoms with Gasteiger partial charge in [0, 0.05) is 22.0 Å². The van der Waals surface area contributed by atoms with Crippen LogP contribution >= 0.6 is 22.9 Å². The van der Waals surface area contributed by atoms with Gasteiger partial charge in [-0.15, -0.1) is 11.3 Å². The summed E-state index contributed by atoms with van der Waals surface area (Å²) in [5.41, 5.74) is 1.19. The maximum atomic E-state index is 6.29. The molecule has 100 valence electrons. The zero-order chi connectivity index (χ0) is 13.2. The largest absolute Gasteiger partial charge is 0.302 e. The molecule has 0 spiro atoms. The predicted molar refractivity (Wildman–Crippen MR) is 82.8 cm³/mol. The van der Waals surface area contributed by atoms with E-state index in [0.29, 0.717) is 6.04 Å². The molecule has 1 aliphatic rings. The van der Waals surface area contributed by atoms with Gasteiger partial charge in [0.05, 0.1) is 0 Å². The topological polar surface area (TPSA) is 12.0 Å². The molecule has 1 unspecified atom stereocenters. The van der Waals surface area contributed by atoms with Crippen LogP contribution in [0.15, 0.2) is 41.8 Å². The molecule has 1 fully saturated rings. The molecular weight excluding hydrogens is 274 g/mol. The van der Waals surface area contributed by atoms with Crippen LogP contribution in [0.5, 0.6) is 0 Å². The van der Waals surface area contributed by atoms with Crippen molar-refractivity contribution >= 4 is 22.9 Å². The summed E-state index contributed by atoms with van der Waals surface area (Å²) in [6.45, 7) is 2.20. The van der Waals surface area contributed by atoms with Crippen molar-refractivity contribution in [2.45, 2.75) is 31.8 Å². The lowest BCUT2D eigenvalue weighted by Crippen LogP contribution is -2.25. The van der Waals surface area contributed by atoms with Gasteiger partial charge in [-0.1, -0.05) is 35.9 Å². The van der Waals surface area contributed by atoms with Gasteiger partial charge in [-0.2, -0.15) is 0 Å². The number of rotatable bonds is 5. The first-order valence-electron chi connectivity index (χ1n) is 6.79. The second-order valence-corrected chi connectivity index (χ2v) is 6.63. The lowest BCUT2D eigenvalue weighted by molar-refractivity contribution is 0.433.